The van der Waals surface area contributed by atoms with E-state index < -0.39 is 27.2 Å². The van der Waals surface area contributed by atoms with Crippen LogP contribution in [0.1, 0.15) is 5.56 Å². The van der Waals surface area contributed by atoms with Gasteiger partial charge in [0.1, 0.15) is 0 Å². The summed E-state index contributed by atoms with van der Waals surface area (Å²) in [7, 11) is -3.46. The summed E-state index contributed by atoms with van der Waals surface area (Å²) in [5.41, 5.74) is 4.93. The van der Waals surface area contributed by atoms with Crippen molar-refractivity contribution in [2.45, 2.75) is 5.75 Å². The molecule has 0 radical (unpaired) electrons. The molecule has 0 saturated heterocycles. The summed E-state index contributed by atoms with van der Waals surface area (Å²) in [4.78, 5) is 0. The molecule has 0 spiro atoms. The Morgan fingerprint density at radius 3 is 2.53 bits per heavy atom. The Hall–Kier alpha value is -1.01. The zero-order valence-corrected chi connectivity index (χ0v) is 8.73. The zero-order chi connectivity index (χ0) is 11.5. The van der Waals surface area contributed by atoms with Gasteiger partial charge in [0.25, 0.3) is 0 Å². The second kappa shape index (κ2) is 4.67. The fraction of sp³-hybridized carbons (Fsp3) is 0.333. The van der Waals surface area contributed by atoms with Crippen LogP contribution in [0.5, 0.6) is 0 Å². The second-order valence-electron chi connectivity index (χ2n) is 3.09. The molecule has 0 fully saturated rings. The van der Waals surface area contributed by atoms with Crippen LogP contribution in [-0.2, 0) is 15.6 Å². The summed E-state index contributed by atoms with van der Waals surface area (Å²) >= 11 is 0. The second-order valence-corrected chi connectivity index (χ2v) is 5.28. The lowest BCUT2D eigenvalue weighted by atomic mass is 10.2. The van der Waals surface area contributed by atoms with Crippen LogP contribution in [0.4, 0.5) is 8.78 Å². The topological polar surface area (TPSA) is 60.2 Å². The van der Waals surface area contributed by atoms with Crippen LogP contribution in [-0.4, -0.2) is 20.7 Å². The maximum Gasteiger partial charge on any atom is 0.163 e. The van der Waals surface area contributed by atoms with Crippen LogP contribution in [0.15, 0.2) is 18.2 Å². The lowest BCUT2D eigenvalue weighted by molar-refractivity contribution is 0.501. The van der Waals surface area contributed by atoms with Crippen molar-refractivity contribution in [3.8, 4) is 0 Å². The van der Waals surface area contributed by atoms with Gasteiger partial charge in [0.2, 0.25) is 0 Å². The van der Waals surface area contributed by atoms with E-state index in [1.807, 2.05) is 0 Å². The Kier molecular flexibility index (Phi) is 3.76. The van der Waals surface area contributed by atoms with E-state index in [0.29, 0.717) is 0 Å². The zero-order valence-electron chi connectivity index (χ0n) is 7.91. The van der Waals surface area contributed by atoms with E-state index in [1.165, 1.54) is 12.1 Å². The predicted molar refractivity (Wildman–Crippen MR) is 52.9 cm³/mol. The minimum Gasteiger partial charge on any atom is -0.329 e. The molecule has 1 aromatic rings. The summed E-state index contributed by atoms with van der Waals surface area (Å²) in [5.74, 6) is -2.91. The van der Waals surface area contributed by atoms with E-state index in [9.17, 15) is 17.2 Å². The SMILES string of the molecule is NCCS(=O)(=O)Cc1cccc(F)c1F. The van der Waals surface area contributed by atoms with Crippen LogP contribution < -0.4 is 5.73 Å². The van der Waals surface area contributed by atoms with Gasteiger partial charge in [-0.3, -0.25) is 0 Å². The fourth-order valence-corrected chi connectivity index (χ4v) is 2.35. The molecule has 0 aliphatic carbocycles. The molecular weight excluding hydrogens is 224 g/mol. The van der Waals surface area contributed by atoms with Gasteiger partial charge in [-0.05, 0) is 6.07 Å². The number of sulfone groups is 1. The van der Waals surface area contributed by atoms with E-state index in [2.05, 4.69) is 0 Å². The van der Waals surface area contributed by atoms with Crippen LogP contribution in [0.2, 0.25) is 0 Å². The van der Waals surface area contributed by atoms with E-state index in [-0.39, 0.29) is 17.9 Å². The molecule has 3 nitrogen and oxygen atoms in total. The first-order chi connectivity index (χ1) is 6.96. The first kappa shape index (κ1) is 12.1. The smallest absolute Gasteiger partial charge is 0.163 e. The highest BCUT2D eigenvalue weighted by molar-refractivity contribution is 7.90. The Morgan fingerprint density at radius 1 is 1.27 bits per heavy atom. The monoisotopic (exact) mass is 235 g/mol. The number of nitrogens with two attached hydrogens (primary N) is 1. The lowest BCUT2D eigenvalue weighted by Gasteiger charge is -2.04. The molecule has 0 bridgehead atoms. The molecule has 2 N–H and O–H groups in total. The van der Waals surface area contributed by atoms with Crippen molar-refractivity contribution < 1.29 is 17.2 Å². The van der Waals surface area contributed by atoms with E-state index >= 15 is 0 Å². The van der Waals surface area contributed by atoms with E-state index in [0.717, 1.165) is 6.07 Å². The minimum absolute atomic E-state index is 0.0285. The minimum atomic E-state index is -3.46. The van der Waals surface area contributed by atoms with Crippen LogP contribution >= 0.6 is 0 Å². The average molecular weight is 235 g/mol. The molecule has 0 aliphatic rings. The number of halogens is 2. The van der Waals surface area contributed by atoms with Crippen molar-refractivity contribution in [1.29, 1.82) is 0 Å². The third-order valence-corrected chi connectivity index (χ3v) is 3.44. The number of rotatable bonds is 4. The van der Waals surface area contributed by atoms with Crippen LogP contribution in [0.25, 0.3) is 0 Å². The van der Waals surface area contributed by atoms with Gasteiger partial charge in [-0.2, -0.15) is 0 Å². The first-order valence-electron chi connectivity index (χ1n) is 4.29. The molecule has 15 heavy (non-hydrogen) atoms. The van der Waals surface area contributed by atoms with Gasteiger partial charge in [0.05, 0.1) is 11.5 Å². The third kappa shape index (κ3) is 3.24. The maximum atomic E-state index is 13.1. The lowest BCUT2D eigenvalue weighted by Crippen LogP contribution is -2.17. The first-order valence-corrected chi connectivity index (χ1v) is 6.12. The Morgan fingerprint density at radius 2 is 1.93 bits per heavy atom. The van der Waals surface area contributed by atoms with Gasteiger partial charge in [0.15, 0.2) is 21.5 Å². The summed E-state index contributed by atoms with van der Waals surface area (Å²) in [6, 6.07) is 3.45. The highest BCUT2D eigenvalue weighted by Crippen LogP contribution is 2.14. The summed E-state index contributed by atoms with van der Waals surface area (Å²) in [6.07, 6.45) is 0. The molecule has 1 rings (SSSR count). The van der Waals surface area contributed by atoms with Crippen molar-refractivity contribution in [3.05, 3.63) is 35.4 Å². The van der Waals surface area contributed by atoms with Gasteiger partial charge in [-0.1, -0.05) is 12.1 Å². The molecule has 0 atom stereocenters. The third-order valence-electron chi connectivity index (χ3n) is 1.84. The van der Waals surface area contributed by atoms with Gasteiger partial charge in [-0.25, -0.2) is 17.2 Å². The summed E-state index contributed by atoms with van der Waals surface area (Å²) in [6.45, 7) is -0.0285. The normalized spacial score (nSPS) is 11.7. The largest absolute Gasteiger partial charge is 0.329 e. The standard InChI is InChI=1S/C9H11F2NO2S/c10-8-3-1-2-7(9(8)11)6-15(13,14)5-4-12/h1-3H,4-6,12H2. The molecule has 84 valence electrons. The van der Waals surface area contributed by atoms with Crippen molar-refractivity contribution in [2.75, 3.05) is 12.3 Å². The fourth-order valence-electron chi connectivity index (χ4n) is 1.15. The molecule has 1 aromatic carbocycles. The van der Waals surface area contributed by atoms with Crippen LogP contribution in [0, 0.1) is 11.6 Å². The molecule has 0 unspecified atom stereocenters. The Labute approximate surface area is 86.8 Å². The van der Waals surface area contributed by atoms with E-state index in [4.69, 9.17) is 5.73 Å². The molecule has 0 aliphatic heterocycles. The highest BCUT2D eigenvalue weighted by Gasteiger charge is 2.15. The van der Waals surface area contributed by atoms with Crippen LogP contribution in [0.3, 0.4) is 0 Å². The average Bonchev–Trinajstić information content (AvgIpc) is 2.12. The molecule has 6 heteroatoms. The summed E-state index contributed by atoms with van der Waals surface area (Å²) < 4.78 is 48.4. The maximum absolute atomic E-state index is 13.1. The molecule has 0 aromatic heterocycles. The molecule has 0 saturated carbocycles. The van der Waals surface area contributed by atoms with Crippen molar-refractivity contribution >= 4 is 9.84 Å². The Balaban J connectivity index is 2.95. The highest BCUT2D eigenvalue weighted by atomic mass is 32.2. The Bertz CT molecular complexity index is 445. The molecule has 0 heterocycles. The number of hydrogen-bond donors (Lipinski definition) is 1. The number of hydrogen-bond acceptors (Lipinski definition) is 3. The molecular formula is C9H11F2NO2S. The van der Waals surface area contributed by atoms with Crippen molar-refractivity contribution in [2.24, 2.45) is 5.73 Å². The number of benzene rings is 1. The quantitative estimate of drug-likeness (QED) is 0.841. The van der Waals surface area contributed by atoms with Gasteiger partial charge in [-0.15, -0.1) is 0 Å². The van der Waals surface area contributed by atoms with Crippen molar-refractivity contribution in [3.63, 3.8) is 0 Å². The van der Waals surface area contributed by atoms with E-state index in [1.54, 1.807) is 0 Å². The van der Waals surface area contributed by atoms with Gasteiger partial charge in [0, 0.05) is 12.1 Å². The van der Waals surface area contributed by atoms with Gasteiger partial charge >= 0.3 is 0 Å². The predicted octanol–water partition coefficient (Wildman–Crippen LogP) is 0.838. The van der Waals surface area contributed by atoms with Crippen molar-refractivity contribution in [1.82, 2.24) is 0 Å². The van der Waals surface area contributed by atoms with Gasteiger partial charge < -0.3 is 5.73 Å². The summed E-state index contributed by atoms with van der Waals surface area (Å²) in [5, 5.41) is 0. The molecule has 0 amide bonds.